The van der Waals surface area contributed by atoms with Crippen LogP contribution in [0.5, 0.6) is 0 Å². The van der Waals surface area contributed by atoms with Crippen LogP contribution in [0.15, 0.2) is 12.7 Å². The van der Waals surface area contributed by atoms with Crippen LogP contribution in [-0.4, -0.2) is 0 Å². The molecule has 0 N–H and O–H groups in total. The van der Waals surface area contributed by atoms with Crippen molar-refractivity contribution in [1.82, 2.24) is 0 Å². The van der Waals surface area contributed by atoms with E-state index in [1.165, 1.54) is 135 Å². The summed E-state index contributed by atoms with van der Waals surface area (Å²) in [5.41, 5.74) is 0. The molecule has 0 aliphatic heterocycles. The number of rotatable bonds is 20. The number of hydrogen-bond donors (Lipinski definition) is 0. The van der Waals surface area contributed by atoms with Gasteiger partial charge in [0.25, 0.3) is 0 Å². The summed E-state index contributed by atoms with van der Waals surface area (Å²) in [5.74, 6) is 0. The van der Waals surface area contributed by atoms with Crippen molar-refractivity contribution < 1.29 is 0 Å². The maximum atomic E-state index is 3.73. The fraction of sp³-hybridized carbons (Fsp3) is 0.923. The van der Waals surface area contributed by atoms with E-state index in [1.807, 2.05) is 6.08 Å². The largest absolute Gasteiger partial charge is 0.103 e. The molecule has 0 bridgehead atoms. The lowest BCUT2D eigenvalue weighted by molar-refractivity contribution is 0.554. The van der Waals surface area contributed by atoms with E-state index in [9.17, 15) is 0 Å². The summed E-state index contributed by atoms with van der Waals surface area (Å²) in [4.78, 5) is 0. The van der Waals surface area contributed by atoms with Crippen molar-refractivity contribution in [2.24, 2.45) is 0 Å². The molecule has 0 saturated carbocycles. The van der Waals surface area contributed by atoms with Crippen molar-refractivity contribution in [3.8, 4) is 0 Å². The number of hydrogen-bond acceptors (Lipinski definition) is 0. The SMILES string of the molecule is C=CCCCCCCCCCCC.CCCCCCCCCCCCC. The second kappa shape index (κ2) is 29.5. The van der Waals surface area contributed by atoms with Gasteiger partial charge in [-0.2, -0.15) is 0 Å². The fourth-order valence-corrected chi connectivity index (χ4v) is 3.34. The molecule has 0 fully saturated rings. The highest BCUT2D eigenvalue weighted by Crippen LogP contribution is 2.11. The van der Waals surface area contributed by atoms with Gasteiger partial charge >= 0.3 is 0 Å². The zero-order valence-electron chi connectivity index (χ0n) is 19.1. The average molecular weight is 367 g/mol. The Morgan fingerprint density at radius 2 is 0.615 bits per heavy atom. The Kier molecular flexibility index (Phi) is 31.7. The van der Waals surface area contributed by atoms with Gasteiger partial charge in [-0.25, -0.2) is 0 Å². The summed E-state index contributed by atoms with van der Waals surface area (Å²) in [6.45, 7) is 10.6. The van der Waals surface area contributed by atoms with Gasteiger partial charge in [-0.1, -0.05) is 149 Å². The second-order valence-electron chi connectivity index (χ2n) is 8.09. The van der Waals surface area contributed by atoms with Crippen LogP contribution >= 0.6 is 0 Å². The third kappa shape index (κ3) is 31.5. The van der Waals surface area contributed by atoms with Crippen LogP contribution < -0.4 is 0 Å². The minimum absolute atomic E-state index is 1.20. The van der Waals surface area contributed by atoms with Crippen LogP contribution in [0.4, 0.5) is 0 Å². The minimum Gasteiger partial charge on any atom is -0.103 e. The molecule has 0 heteroatoms. The van der Waals surface area contributed by atoms with E-state index in [2.05, 4.69) is 27.4 Å². The highest BCUT2D eigenvalue weighted by molar-refractivity contribution is 4.65. The predicted molar refractivity (Wildman–Crippen MR) is 124 cm³/mol. The molecular weight excluding hydrogens is 312 g/mol. The van der Waals surface area contributed by atoms with Gasteiger partial charge in [-0.15, -0.1) is 6.58 Å². The Hall–Kier alpha value is -0.260. The van der Waals surface area contributed by atoms with E-state index in [-0.39, 0.29) is 0 Å². The number of allylic oxidation sites excluding steroid dienone is 1. The molecule has 0 rings (SSSR count). The molecule has 0 aromatic heterocycles. The van der Waals surface area contributed by atoms with Gasteiger partial charge in [0.15, 0.2) is 0 Å². The Morgan fingerprint density at radius 3 is 0.846 bits per heavy atom. The Bertz CT molecular complexity index is 208. The monoisotopic (exact) mass is 366 g/mol. The average Bonchev–Trinajstić information content (AvgIpc) is 2.66. The van der Waals surface area contributed by atoms with Gasteiger partial charge in [0.05, 0.1) is 0 Å². The molecule has 0 aliphatic rings. The predicted octanol–water partition coefficient (Wildman–Crippen LogP) is 10.4. The first-order chi connectivity index (χ1) is 12.8. The highest BCUT2D eigenvalue weighted by Gasteiger charge is 1.91. The van der Waals surface area contributed by atoms with Crippen LogP contribution in [-0.2, 0) is 0 Å². The lowest BCUT2D eigenvalue weighted by Crippen LogP contribution is -1.80. The summed E-state index contributed by atoms with van der Waals surface area (Å²) in [7, 11) is 0. The van der Waals surface area contributed by atoms with E-state index in [0.717, 1.165) is 0 Å². The van der Waals surface area contributed by atoms with Gasteiger partial charge < -0.3 is 0 Å². The van der Waals surface area contributed by atoms with Gasteiger partial charge in [-0.05, 0) is 12.8 Å². The first-order valence-corrected chi connectivity index (χ1v) is 12.4. The first kappa shape index (κ1) is 28.0. The normalized spacial score (nSPS) is 10.4. The lowest BCUT2D eigenvalue weighted by atomic mass is 10.1. The van der Waals surface area contributed by atoms with E-state index in [0.29, 0.717) is 0 Å². The molecule has 0 radical (unpaired) electrons. The van der Waals surface area contributed by atoms with Crippen molar-refractivity contribution in [2.45, 2.75) is 156 Å². The molecule has 0 atom stereocenters. The quantitative estimate of drug-likeness (QED) is 0.148. The third-order valence-corrected chi connectivity index (χ3v) is 5.22. The van der Waals surface area contributed by atoms with Crippen LogP contribution in [0.3, 0.4) is 0 Å². The standard InChI is InChI=1S/C13H28.C13H26/c2*1-3-5-7-9-11-13-12-10-8-6-4-2/h3-13H2,1-2H3;3H,1,4-13H2,2H3. The van der Waals surface area contributed by atoms with Crippen molar-refractivity contribution in [3.05, 3.63) is 12.7 Å². The summed E-state index contributed by atoms with van der Waals surface area (Å²) in [6, 6.07) is 0. The van der Waals surface area contributed by atoms with Gasteiger partial charge in [0, 0.05) is 0 Å². The molecule has 0 nitrogen and oxygen atoms in total. The van der Waals surface area contributed by atoms with Crippen molar-refractivity contribution in [3.63, 3.8) is 0 Å². The zero-order chi connectivity index (χ0) is 19.6. The van der Waals surface area contributed by atoms with Crippen LogP contribution in [0.1, 0.15) is 156 Å². The molecule has 0 aromatic rings. The highest BCUT2D eigenvalue weighted by atomic mass is 14.0. The minimum atomic E-state index is 1.20. The molecule has 0 amide bonds. The van der Waals surface area contributed by atoms with Crippen LogP contribution in [0.25, 0.3) is 0 Å². The van der Waals surface area contributed by atoms with E-state index >= 15 is 0 Å². The molecule has 0 aromatic carbocycles. The van der Waals surface area contributed by atoms with E-state index < -0.39 is 0 Å². The maximum absolute atomic E-state index is 3.73. The fourth-order valence-electron chi connectivity index (χ4n) is 3.34. The Labute approximate surface area is 168 Å². The van der Waals surface area contributed by atoms with E-state index in [1.54, 1.807) is 0 Å². The number of unbranched alkanes of at least 4 members (excludes halogenated alkanes) is 19. The Morgan fingerprint density at radius 1 is 0.385 bits per heavy atom. The lowest BCUT2D eigenvalue weighted by Gasteiger charge is -2.00. The molecule has 26 heavy (non-hydrogen) atoms. The molecular formula is C26H54. The van der Waals surface area contributed by atoms with Gasteiger partial charge in [0.2, 0.25) is 0 Å². The van der Waals surface area contributed by atoms with Crippen molar-refractivity contribution in [1.29, 1.82) is 0 Å². The molecule has 0 unspecified atom stereocenters. The zero-order valence-corrected chi connectivity index (χ0v) is 19.1. The first-order valence-electron chi connectivity index (χ1n) is 12.4. The second-order valence-corrected chi connectivity index (χ2v) is 8.09. The van der Waals surface area contributed by atoms with Crippen molar-refractivity contribution >= 4 is 0 Å². The molecule has 158 valence electrons. The molecule has 0 aliphatic carbocycles. The van der Waals surface area contributed by atoms with E-state index in [4.69, 9.17) is 0 Å². The topological polar surface area (TPSA) is 0 Å². The Balaban J connectivity index is 0. The van der Waals surface area contributed by atoms with Crippen LogP contribution in [0, 0.1) is 0 Å². The van der Waals surface area contributed by atoms with Gasteiger partial charge in [0.1, 0.15) is 0 Å². The third-order valence-electron chi connectivity index (χ3n) is 5.22. The molecule has 0 spiro atoms. The van der Waals surface area contributed by atoms with Crippen molar-refractivity contribution in [2.75, 3.05) is 0 Å². The smallest absolute Gasteiger partial charge is 0.0353 e. The van der Waals surface area contributed by atoms with Gasteiger partial charge in [-0.3, -0.25) is 0 Å². The maximum Gasteiger partial charge on any atom is -0.0353 e. The molecule has 0 heterocycles. The molecule has 0 saturated heterocycles. The summed E-state index contributed by atoms with van der Waals surface area (Å²) >= 11 is 0. The summed E-state index contributed by atoms with van der Waals surface area (Å²) < 4.78 is 0. The summed E-state index contributed by atoms with van der Waals surface area (Å²) in [6.07, 6.45) is 31.9. The summed E-state index contributed by atoms with van der Waals surface area (Å²) in [5, 5.41) is 0. The van der Waals surface area contributed by atoms with Crippen LogP contribution in [0.2, 0.25) is 0 Å².